The summed E-state index contributed by atoms with van der Waals surface area (Å²) in [4.78, 5) is 8.39. The van der Waals surface area contributed by atoms with E-state index in [0.29, 0.717) is 27.0 Å². The number of ether oxygens (including phenoxy) is 2. The molecule has 23 heavy (non-hydrogen) atoms. The van der Waals surface area contributed by atoms with Crippen molar-refractivity contribution in [3.8, 4) is 5.88 Å². The smallest absolute Gasteiger partial charge is 0.230 e. The number of aromatic nitrogens is 4. The molecule has 9 nitrogen and oxygen atoms in total. The maximum absolute atomic E-state index is 9.92. The average Bonchev–Trinajstić information content (AvgIpc) is 2.98. The van der Waals surface area contributed by atoms with Crippen LogP contribution in [-0.2, 0) is 4.74 Å². The number of fused-ring (bicyclic) bond motifs is 1. The van der Waals surface area contributed by atoms with E-state index in [0.717, 1.165) is 0 Å². The van der Waals surface area contributed by atoms with E-state index in [1.807, 2.05) is 13.8 Å². The van der Waals surface area contributed by atoms with E-state index in [9.17, 15) is 10.2 Å². The molecule has 126 valence electrons. The number of rotatable bonds is 4. The van der Waals surface area contributed by atoms with Crippen molar-refractivity contribution in [3.05, 3.63) is 3.70 Å². The first kappa shape index (κ1) is 16.6. The van der Waals surface area contributed by atoms with E-state index in [4.69, 9.17) is 15.2 Å². The van der Waals surface area contributed by atoms with Gasteiger partial charge in [-0.05, 0) is 36.4 Å². The molecule has 10 heteroatoms. The van der Waals surface area contributed by atoms with E-state index in [1.165, 1.54) is 0 Å². The first-order valence-corrected chi connectivity index (χ1v) is 8.30. The third kappa shape index (κ3) is 3.07. The minimum atomic E-state index is -0.757. The number of nitrogen functional groups attached to an aromatic ring is 1. The van der Waals surface area contributed by atoms with Crippen LogP contribution in [0.1, 0.15) is 26.5 Å². The van der Waals surface area contributed by atoms with Crippen LogP contribution in [0.25, 0.3) is 11.0 Å². The second-order valence-electron chi connectivity index (χ2n) is 5.60. The average molecular weight is 435 g/mol. The zero-order chi connectivity index (χ0) is 16.7. The molecule has 1 aliphatic rings. The topological polar surface area (TPSA) is 129 Å². The molecule has 3 atom stereocenters. The Hall–Kier alpha value is -1.24. The summed E-state index contributed by atoms with van der Waals surface area (Å²) in [6, 6.07) is 0. The lowest BCUT2D eigenvalue weighted by Gasteiger charge is -2.13. The van der Waals surface area contributed by atoms with Gasteiger partial charge in [-0.15, -0.1) is 0 Å². The van der Waals surface area contributed by atoms with Crippen LogP contribution in [-0.4, -0.2) is 54.9 Å². The van der Waals surface area contributed by atoms with Gasteiger partial charge in [-0.2, -0.15) is 15.1 Å². The van der Waals surface area contributed by atoms with Crippen molar-refractivity contribution < 1.29 is 19.7 Å². The minimum absolute atomic E-state index is 0.0722. The zero-order valence-electron chi connectivity index (χ0n) is 12.7. The number of aliphatic hydroxyl groups excluding tert-OH is 2. The van der Waals surface area contributed by atoms with Crippen LogP contribution in [0.4, 0.5) is 5.95 Å². The van der Waals surface area contributed by atoms with E-state index in [1.54, 1.807) is 4.68 Å². The van der Waals surface area contributed by atoms with Gasteiger partial charge in [0.2, 0.25) is 11.8 Å². The van der Waals surface area contributed by atoms with Gasteiger partial charge >= 0.3 is 0 Å². The summed E-state index contributed by atoms with van der Waals surface area (Å²) in [5.41, 5.74) is 6.26. The Labute approximate surface area is 145 Å². The largest absolute Gasteiger partial charge is 0.474 e. The Kier molecular flexibility index (Phi) is 4.58. The molecule has 2 aromatic heterocycles. The molecule has 0 spiro atoms. The van der Waals surface area contributed by atoms with Crippen molar-refractivity contribution in [3.63, 3.8) is 0 Å². The number of nitrogens with two attached hydrogens (primary N) is 1. The summed E-state index contributed by atoms with van der Waals surface area (Å²) in [6.07, 6.45) is -1.69. The first-order chi connectivity index (χ1) is 10.9. The summed E-state index contributed by atoms with van der Waals surface area (Å²) in [6.45, 7) is 3.53. The zero-order valence-corrected chi connectivity index (χ0v) is 14.8. The molecule has 2 aromatic rings. The highest BCUT2D eigenvalue weighted by molar-refractivity contribution is 14.1. The van der Waals surface area contributed by atoms with Gasteiger partial charge < -0.3 is 25.4 Å². The normalized spacial score (nSPS) is 24.7. The van der Waals surface area contributed by atoms with Gasteiger partial charge in [0, 0.05) is 6.42 Å². The van der Waals surface area contributed by atoms with Gasteiger partial charge in [0.1, 0.15) is 15.2 Å². The number of anilines is 1. The molecule has 4 N–H and O–H groups in total. The first-order valence-electron chi connectivity index (χ1n) is 7.23. The van der Waals surface area contributed by atoms with Crippen LogP contribution in [0.3, 0.4) is 0 Å². The predicted molar refractivity (Wildman–Crippen MR) is 89.8 cm³/mol. The Morgan fingerprint density at radius 2 is 2.22 bits per heavy atom. The van der Waals surface area contributed by atoms with Crippen LogP contribution in [0, 0.1) is 3.70 Å². The van der Waals surface area contributed by atoms with Crippen LogP contribution >= 0.6 is 22.6 Å². The standard InChI is InChI=1S/C13H18IN5O4/c1-5(2)22-12-9-10(14)18-19(11(9)16-13(15)17-12)8-3-6(21)7(4-20)23-8/h5-8,20-21H,3-4H2,1-2H3,(H2,15,16,17)/t6-,7+,8+/m0/s1. The highest BCUT2D eigenvalue weighted by atomic mass is 127. The summed E-state index contributed by atoms with van der Waals surface area (Å²) in [5.74, 6) is 0.443. The second-order valence-corrected chi connectivity index (χ2v) is 6.62. The molecule has 0 unspecified atom stereocenters. The highest BCUT2D eigenvalue weighted by Gasteiger charge is 2.36. The van der Waals surface area contributed by atoms with Gasteiger partial charge in [0.25, 0.3) is 0 Å². The number of aliphatic hydroxyl groups is 2. The van der Waals surface area contributed by atoms with E-state index < -0.39 is 18.4 Å². The van der Waals surface area contributed by atoms with Gasteiger partial charge in [-0.25, -0.2) is 4.68 Å². The van der Waals surface area contributed by atoms with E-state index >= 15 is 0 Å². The summed E-state index contributed by atoms with van der Waals surface area (Å²) in [5, 5.41) is 24.2. The molecule has 1 aliphatic heterocycles. The Morgan fingerprint density at radius 3 is 2.83 bits per heavy atom. The van der Waals surface area contributed by atoms with Gasteiger partial charge in [0.15, 0.2) is 11.9 Å². The van der Waals surface area contributed by atoms with Crippen LogP contribution in [0.2, 0.25) is 0 Å². The molecular weight excluding hydrogens is 417 g/mol. The predicted octanol–water partition coefficient (Wildman–Crippen LogP) is 0.441. The van der Waals surface area contributed by atoms with E-state index in [-0.39, 0.29) is 18.7 Å². The van der Waals surface area contributed by atoms with E-state index in [2.05, 4.69) is 37.7 Å². The molecular formula is C13H18IN5O4. The van der Waals surface area contributed by atoms with Crippen molar-refractivity contribution in [2.24, 2.45) is 0 Å². The van der Waals surface area contributed by atoms with Crippen LogP contribution in [0.5, 0.6) is 5.88 Å². The molecule has 0 amide bonds. The molecule has 0 bridgehead atoms. The number of hydrogen-bond acceptors (Lipinski definition) is 8. The van der Waals surface area contributed by atoms with Crippen LogP contribution < -0.4 is 10.5 Å². The summed E-state index contributed by atoms with van der Waals surface area (Å²) >= 11 is 2.07. The highest BCUT2D eigenvalue weighted by Crippen LogP contribution is 2.35. The van der Waals surface area contributed by atoms with Crippen molar-refractivity contribution in [2.45, 2.75) is 44.8 Å². The Balaban J connectivity index is 2.08. The fourth-order valence-corrected chi connectivity index (χ4v) is 3.23. The fourth-order valence-electron chi connectivity index (χ4n) is 2.52. The molecule has 0 saturated carbocycles. The Bertz CT molecular complexity index is 722. The van der Waals surface area contributed by atoms with Gasteiger partial charge in [0.05, 0.1) is 18.8 Å². The third-order valence-electron chi connectivity index (χ3n) is 3.50. The third-order valence-corrected chi connectivity index (χ3v) is 4.25. The quantitative estimate of drug-likeness (QED) is 0.591. The fraction of sp³-hybridized carbons (Fsp3) is 0.615. The van der Waals surface area contributed by atoms with Crippen molar-refractivity contribution in [2.75, 3.05) is 12.3 Å². The van der Waals surface area contributed by atoms with Crippen LogP contribution in [0.15, 0.2) is 0 Å². The lowest BCUT2D eigenvalue weighted by atomic mass is 10.2. The summed E-state index contributed by atoms with van der Waals surface area (Å²) in [7, 11) is 0. The second kappa shape index (κ2) is 6.34. The minimum Gasteiger partial charge on any atom is -0.474 e. The van der Waals surface area contributed by atoms with Crippen molar-refractivity contribution >= 4 is 39.6 Å². The molecule has 3 rings (SSSR count). The molecule has 0 radical (unpaired) electrons. The van der Waals surface area contributed by atoms with Gasteiger partial charge in [-0.3, -0.25) is 0 Å². The van der Waals surface area contributed by atoms with Crippen molar-refractivity contribution in [1.29, 1.82) is 0 Å². The molecule has 1 saturated heterocycles. The molecule has 3 heterocycles. The number of halogens is 1. The summed E-state index contributed by atoms with van der Waals surface area (Å²) < 4.78 is 13.6. The maximum atomic E-state index is 9.92. The molecule has 1 fully saturated rings. The molecule has 0 aliphatic carbocycles. The monoisotopic (exact) mass is 435 g/mol. The Morgan fingerprint density at radius 1 is 1.48 bits per heavy atom. The number of nitrogens with zero attached hydrogens (tertiary/aromatic N) is 4. The maximum Gasteiger partial charge on any atom is 0.230 e. The van der Waals surface area contributed by atoms with Gasteiger partial charge in [-0.1, -0.05) is 0 Å². The lowest BCUT2D eigenvalue weighted by molar-refractivity contribution is -0.0471. The number of hydrogen-bond donors (Lipinski definition) is 3. The lowest BCUT2D eigenvalue weighted by Crippen LogP contribution is -2.24. The SMILES string of the molecule is CC(C)Oc1nc(N)nc2c1c(I)nn2[C@H]1C[C@H](O)[C@@H](CO)O1. The molecule has 0 aromatic carbocycles. The van der Waals surface area contributed by atoms with Crippen molar-refractivity contribution in [1.82, 2.24) is 19.7 Å².